The van der Waals surface area contributed by atoms with Crippen LogP contribution in [0.15, 0.2) is 29.3 Å². The van der Waals surface area contributed by atoms with E-state index >= 15 is 0 Å². The lowest BCUT2D eigenvalue weighted by molar-refractivity contribution is -0.119. The number of amides is 1. The van der Waals surface area contributed by atoms with Crippen LogP contribution in [-0.4, -0.2) is 63.2 Å². The summed E-state index contributed by atoms with van der Waals surface area (Å²) in [6.07, 6.45) is 2.56. The number of nitrogens with two attached hydrogens (primary N) is 1. The first-order chi connectivity index (χ1) is 13.2. The second-order valence-corrected chi connectivity index (χ2v) is 7.25. The summed E-state index contributed by atoms with van der Waals surface area (Å²) in [4.78, 5) is 20.3. The van der Waals surface area contributed by atoms with Crippen LogP contribution in [0.3, 0.4) is 0 Å². The van der Waals surface area contributed by atoms with Crippen LogP contribution in [0.5, 0.6) is 0 Å². The molecule has 27 heavy (non-hydrogen) atoms. The third kappa shape index (κ3) is 5.35. The first-order valence-electron chi connectivity index (χ1n) is 9.82. The molecule has 3 rings (SSSR count). The Balaban J connectivity index is 1.62. The summed E-state index contributed by atoms with van der Waals surface area (Å²) in [5.74, 6) is 0.987. The molecule has 0 bridgehead atoms. The average molecular weight is 374 g/mol. The van der Waals surface area contributed by atoms with E-state index in [4.69, 9.17) is 10.5 Å². The molecule has 1 aromatic rings. The highest BCUT2D eigenvalue weighted by atomic mass is 16.5. The minimum Gasteiger partial charge on any atom is -0.378 e. The molecular weight excluding hydrogens is 342 g/mol. The fourth-order valence-electron chi connectivity index (χ4n) is 3.99. The van der Waals surface area contributed by atoms with Gasteiger partial charge in [-0.15, -0.1) is 0 Å². The Hall–Kier alpha value is -2.28. The van der Waals surface area contributed by atoms with Gasteiger partial charge in [0.1, 0.15) is 0 Å². The van der Waals surface area contributed by atoms with Crippen LogP contribution >= 0.6 is 0 Å². The Morgan fingerprint density at radius 1 is 1.30 bits per heavy atom. The van der Waals surface area contributed by atoms with Crippen LogP contribution in [0.25, 0.3) is 0 Å². The molecule has 3 N–H and O–H groups in total. The first kappa shape index (κ1) is 19.5. The number of benzene rings is 1. The molecule has 1 amide bonds. The monoisotopic (exact) mass is 373 g/mol. The number of para-hydroxylation sites is 1. The van der Waals surface area contributed by atoms with Crippen molar-refractivity contribution >= 4 is 17.6 Å². The number of aliphatic imine (C=N–C) groups is 1. The van der Waals surface area contributed by atoms with Crippen molar-refractivity contribution in [2.45, 2.75) is 25.8 Å². The number of carbonyl (C=O) groups excluding carboxylic acids is 1. The number of likely N-dealkylation sites (tertiary alicyclic amines) is 1. The topological polar surface area (TPSA) is 83.2 Å². The molecular formula is C20H31N5O2. The molecule has 7 heteroatoms. The number of ether oxygens (including phenoxy) is 1. The predicted molar refractivity (Wildman–Crippen MR) is 108 cm³/mol. The number of morpholine rings is 1. The highest BCUT2D eigenvalue weighted by Gasteiger charge is 2.23. The maximum absolute atomic E-state index is 11.3. The highest BCUT2D eigenvalue weighted by molar-refractivity contribution is 5.80. The van der Waals surface area contributed by atoms with Crippen molar-refractivity contribution in [2.24, 2.45) is 16.6 Å². The minimum absolute atomic E-state index is 0.218. The lowest BCUT2D eigenvalue weighted by Crippen LogP contribution is -2.47. The molecule has 2 saturated heterocycles. The number of nitrogens with one attached hydrogen (secondary N) is 1. The largest absolute Gasteiger partial charge is 0.378 e. The molecule has 0 aliphatic carbocycles. The number of rotatable bonds is 5. The molecule has 1 aromatic carbocycles. The fourth-order valence-corrected chi connectivity index (χ4v) is 3.99. The molecule has 2 aliphatic rings. The predicted octanol–water partition coefficient (Wildman–Crippen LogP) is 1.19. The quantitative estimate of drug-likeness (QED) is 0.598. The van der Waals surface area contributed by atoms with E-state index in [0.29, 0.717) is 12.3 Å². The molecule has 1 atom stereocenters. The Labute approximate surface area is 161 Å². The summed E-state index contributed by atoms with van der Waals surface area (Å²) in [6.45, 7) is 5.90. The van der Waals surface area contributed by atoms with Gasteiger partial charge >= 0.3 is 0 Å². The zero-order valence-electron chi connectivity index (χ0n) is 16.2. The maximum atomic E-state index is 11.3. The van der Waals surface area contributed by atoms with Gasteiger partial charge < -0.3 is 25.6 Å². The average Bonchev–Trinajstić information content (AvgIpc) is 2.69. The van der Waals surface area contributed by atoms with Gasteiger partial charge in [-0.1, -0.05) is 18.2 Å². The third-order valence-corrected chi connectivity index (χ3v) is 5.30. The molecule has 0 saturated carbocycles. The van der Waals surface area contributed by atoms with Crippen molar-refractivity contribution < 1.29 is 9.53 Å². The zero-order chi connectivity index (χ0) is 19.1. The summed E-state index contributed by atoms with van der Waals surface area (Å²) in [7, 11) is 1.81. The summed E-state index contributed by atoms with van der Waals surface area (Å²) < 4.78 is 5.48. The molecule has 0 radical (unpaired) electrons. The maximum Gasteiger partial charge on any atom is 0.217 e. The molecule has 2 fully saturated rings. The number of primary amides is 1. The lowest BCUT2D eigenvalue weighted by Gasteiger charge is -2.35. The van der Waals surface area contributed by atoms with Crippen molar-refractivity contribution in [3.05, 3.63) is 29.8 Å². The number of piperidine rings is 1. The molecule has 0 spiro atoms. The van der Waals surface area contributed by atoms with Crippen molar-refractivity contribution in [3.8, 4) is 0 Å². The Morgan fingerprint density at radius 2 is 2.07 bits per heavy atom. The first-order valence-corrected chi connectivity index (χ1v) is 9.82. The van der Waals surface area contributed by atoms with E-state index in [1.54, 1.807) is 0 Å². The van der Waals surface area contributed by atoms with Crippen LogP contribution in [0.4, 0.5) is 5.69 Å². The van der Waals surface area contributed by atoms with E-state index in [1.165, 1.54) is 11.3 Å². The third-order valence-electron chi connectivity index (χ3n) is 5.30. The SMILES string of the molecule is CN=C(NCc1ccccc1N1CCOCC1)N1CCCC(CC(N)=O)C1. The van der Waals surface area contributed by atoms with Gasteiger partial charge in [-0.2, -0.15) is 0 Å². The fraction of sp³-hybridized carbons (Fsp3) is 0.600. The van der Waals surface area contributed by atoms with E-state index in [2.05, 4.69) is 44.4 Å². The molecule has 2 aliphatic heterocycles. The van der Waals surface area contributed by atoms with Crippen LogP contribution < -0.4 is 16.0 Å². The summed E-state index contributed by atoms with van der Waals surface area (Å²) in [5.41, 5.74) is 7.90. The second-order valence-electron chi connectivity index (χ2n) is 7.25. The van der Waals surface area contributed by atoms with Crippen molar-refractivity contribution in [2.75, 3.05) is 51.3 Å². The van der Waals surface area contributed by atoms with Gasteiger partial charge in [0.05, 0.1) is 13.2 Å². The summed E-state index contributed by atoms with van der Waals surface area (Å²) in [5, 5.41) is 3.51. The van der Waals surface area contributed by atoms with Gasteiger partial charge in [-0.3, -0.25) is 9.79 Å². The standard InChI is InChI=1S/C20H31N5O2/c1-22-20(25-8-4-5-16(15-25)13-19(21)26)23-14-17-6-2-3-7-18(17)24-9-11-27-12-10-24/h2-3,6-7,16H,4-5,8-15H2,1H3,(H2,21,26)(H,22,23). The Morgan fingerprint density at radius 3 is 2.81 bits per heavy atom. The molecule has 148 valence electrons. The van der Waals surface area contributed by atoms with Gasteiger partial charge in [0.15, 0.2) is 5.96 Å². The number of hydrogen-bond donors (Lipinski definition) is 2. The van der Waals surface area contributed by atoms with E-state index in [-0.39, 0.29) is 5.91 Å². The molecule has 7 nitrogen and oxygen atoms in total. The van der Waals surface area contributed by atoms with Crippen LogP contribution in [-0.2, 0) is 16.1 Å². The number of hydrogen-bond acceptors (Lipinski definition) is 4. The summed E-state index contributed by atoms with van der Waals surface area (Å²) >= 11 is 0. The van der Waals surface area contributed by atoms with Gasteiger partial charge in [0.25, 0.3) is 0 Å². The molecule has 1 unspecified atom stereocenters. The van der Waals surface area contributed by atoms with E-state index in [9.17, 15) is 4.79 Å². The number of guanidine groups is 1. The normalized spacial score (nSPS) is 21.2. The van der Waals surface area contributed by atoms with Crippen molar-refractivity contribution in [1.82, 2.24) is 10.2 Å². The Bertz CT molecular complexity index is 658. The van der Waals surface area contributed by atoms with Crippen LogP contribution in [0.1, 0.15) is 24.8 Å². The van der Waals surface area contributed by atoms with Crippen molar-refractivity contribution in [1.29, 1.82) is 0 Å². The van der Waals surface area contributed by atoms with E-state index in [0.717, 1.165) is 64.7 Å². The van der Waals surface area contributed by atoms with Crippen LogP contribution in [0, 0.1) is 5.92 Å². The lowest BCUT2D eigenvalue weighted by atomic mass is 9.95. The van der Waals surface area contributed by atoms with Gasteiger partial charge in [-0.25, -0.2) is 0 Å². The minimum atomic E-state index is -0.218. The molecule has 2 heterocycles. The smallest absolute Gasteiger partial charge is 0.217 e. The number of nitrogens with zero attached hydrogens (tertiary/aromatic N) is 3. The second kappa shape index (κ2) is 9.60. The highest BCUT2D eigenvalue weighted by Crippen LogP contribution is 2.22. The van der Waals surface area contributed by atoms with Gasteiger partial charge in [-0.05, 0) is 30.4 Å². The van der Waals surface area contributed by atoms with Crippen molar-refractivity contribution in [3.63, 3.8) is 0 Å². The summed E-state index contributed by atoms with van der Waals surface area (Å²) in [6, 6.07) is 8.50. The molecule has 0 aromatic heterocycles. The van der Waals surface area contributed by atoms with E-state index in [1.807, 2.05) is 7.05 Å². The van der Waals surface area contributed by atoms with E-state index < -0.39 is 0 Å². The number of anilines is 1. The van der Waals surface area contributed by atoms with Crippen LogP contribution in [0.2, 0.25) is 0 Å². The van der Waals surface area contributed by atoms with Gasteiger partial charge in [0, 0.05) is 51.9 Å². The zero-order valence-corrected chi connectivity index (χ0v) is 16.2. The Kier molecular flexibility index (Phi) is 6.92. The van der Waals surface area contributed by atoms with Gasteiger partial charge in [0.2, 0.25) is 5.91 Å². The number of carbonyl (C=O) groups is 1.